The molecule has 126 valence electrons. The number of carbonyl (C=O) groups excluding carboxylic acids is 1. The van der Waals surface area contributed by atoms with Crippen molar-refractivity contribution in [3.05, 3.63) is 45.7 Å². The summed E-state index contributed by atoms with van der Waals surface area (Å²) in [5, 5.41) is 13.9. The minimum atomic E-state index is -2.65. The molecule has 23 heavy (non-hydrogen) atoms. The largest absolute Gasteiger partial charge is 0.463 e. The number of nitrogens with one attached hydrogen (secondary N) is 1. The number of esters is 1. The third-order valence-electron chi connectivity index (χ3n) is 3.69. The van der Waals surface area contributed by atoms with Gasteiger partial charge in [-0.1, -0.05) is 0 Å². The molecule has 2 aliphatic carbocycles. The topological polar surface area (TPSA) is 81.5 Å². The number of allylic oxidation sites excluding steroid dienone is 2. The van der Waals surface area contributed by atoms with Crippen molar-refractivity contribution in [2.45, 2.75) is 44.2 Å². The number of nitro groups is 1. The van der Waals surface area contributed by atoms with E-state index in [-0.39, 0.29) is 31.9 Å². The zero-order valence-corrected chi connectivity index (χ0v) is 12.6. The molecule has 1 N–H and O–H groups in total. The van der Waals surface area contributed by atoms with Gasteiger partial charge in [0.15, 0.2) is 0 Å². The third-order valence-corrected chi connectivity index (χ3v) is 3.69. The van der Waals surface area contributed by atoms with Crippen LogP contribution in [0.25, 0.3) is 0 Å². The molecular formula is C15H18F2N2O4. The van der Waals surface area contributed by atoms with Gasteiger partial charge in [-0.3, -0.25) is 10.1 Å². The van der Waals surface area contributed by atoms with Gasteiger partial charge in [0, 0.05) is 42.0 Å². The molecule has 0 aromatic carbocycles. The number of alkyl halides is 2. The number of ether oxygens (including phenoxy) is 1. The molecule has 8 heteroatoms. The van der Waals surface area contributed by atoms with Crippen molar-refractivity contribution in [1.29, 1.82) is 0 Å². The van der Waals surface area contributed by atoms with Gasteiger partial charge in [-0.2, -0.15) is 0 Å². The monoisotopic (exact) mass is 328 g/mol. The summed E-state index contributed by atoms with van der Waals surface area (Å²) in [6.07, 6.45) is 5.11. The van der Waals surface area contributed by atoms with Crippen LogP contribution in [-0.4, -0.2) is 35.5 Å². The van der Waals surface area contributed by atoms with E-state index in [0.717, 1.165) is 0 Å². The summed E-state index contributed by atoms with van der Waals surface area (Å²) in [5.74, 6) is -3.21. The fourth-order valence-corrected chi connectivity index (χ4v) is 2.50. The highest BCUT2D eigenvalue weighted by Gasteiger charge is 2.45. The van der Waals surface area contributed by atoms with Gasteiger partial charge < -0.3 is 10.1 Å². The Morgan fingerprint density at radius 1 is 1.57 bits per heavy atom. The number of hydrogen-bond acceptors (Lipinski definition) is 5. The van der Waals surface area contributed by atoms with E-state index in [1.165, 1.54) is 24.3 Å². The lowest BCUT2D eigenvalue weighted by Crippen LogP contribution is -2.48. The Morgan fingerprint density at radius 2 is 2.26 bits per heavy atom. The Morgan fingerprint density at radius 3 is 2.83 bits per heavy atom. The molecule has 2 aliphatic rings. The van der Waals surface area contributed by atoms with Crippen LogP contribution in [0, 0.1) is 10.1 Å². The van der Waals surface area contributed by atoms with E-state index in [9.17, 15) is 23.7 Å². The molecular weight excluding hydrogens is 310 g/mol. The number of rotatable bonds is 6. The van der Waals surface area contributed by atoms with Crippen LogP contribution in [0.3, 0.4) is 0 Å². The zero-order valence-electron chi connectivity index (χ0n) is 12.6. The minimum Gasteiger partial charge on any atom is -0.463 e. The van der Waals surface area contributed by atoms with Crippen molar-refractivity contribution in [1.82, 2.24) is 5.32 Å². The lowest BCUT2D eigenvalue weighted by Gasteiger charge is -2.37. The molecule has 6 nitrogen and oxygen atoms in total. The molecule has 0 saturated heterocycles. The van der Waals surface area contributed by atoms with Crippen molar-refractivity contribution < 1.29 is 23.2 Å². The maximum Gasteiger partial charge on any atom is 0.330 e. The second-order valence-electron chi connectivity index (χ2n) is 5.55. The van der Waals surface area contributed by atoms with Gasteiger partial charge in [-0.15, -0.1) is 0 Å². The fourth-order valence-electron chi connectivity index (χ4n) is 2.50. The summed E-state index contributed by atoms with van der Waals surface area (Å²) in [5.41, 5.74) is 1.06. The van der Waals surface area contributed by atoms with Crippen molar-refractivity contribution >= 4 is 5.97 Å². The first kappa shape index (κ1) is 17.1. The van der Waals surface area contributed by atoms with Gasteiger partial charge in [0.1, 0.15) is 0 Å². The highest BCUT2D eigenvalue weighted by atomic mass is 19.3. The molecule has 0 heterocycles. The maximum atomic E-state index is 12.9. The Hall–Kier alpha value is -2.25. The Bertz CT molecular complexity index is 576. The van der Waals surface area contributed by atoms with E-state index in [2.05, 4.69) is 5.32 Å². The molecule has 0 aromatic rings. The van der Waals surface area contributed by atoms with E-state index in [1.54, 1.807) is 6.92 Å². The van der Waals surface area contributed by atoms with Gasteiger partial charge in [-0.05, 0) is 30.7 Å². The van der Waals surface area contributed by atoms with Crippen LogP contribution < -0.4 is 5.32 Å². The number of carbonyl (C=O) groups is 1. The van der Waals surface area contributed by atoms with Crippen LogP contribution in [0.5, 0.6) is 0 Å². The molecule has 0 aliphatic heterocycles. The van der Waals surface area contributed by atoms with Gasteiger partial charge in [0.05, 0.1) is 6.61 Å². The van der Waals surface area contributed by atoms with E-state index < -0.39 is 22.9 Å². The second-order valence-corrected chi connectivity index (χ2v) is 5.55. The summed E-state index contributed by atoms with van der Waals surface area (Å²) < 4.78 is 30.6. The summed E-state index contributed by atoms with van der Waals surface area (Å²) in [6, 6.07) is -1.27. The van der Waals surface area contributed by atoms with Gasteiger partial charge >= 0.3 is 5.97 Å². The Kier molecular flexibility index (Phi) is 5.12. The summed E-state index contributed by atoms with van der Waals surface area (Å²) in [7, 11) is 0. The molecule has 1 fully saturated rings. The SMILES string of the molecule is CCOC(=O)/C=C/C1=C(NC2CC(F)(F)C2)C=CC([N+](=O)[O-])C1. The van der Waals surface area contributed by atoms with E-state index >= 15 is 0 Å². The molecule has 1 saturated carbocycles. The lowest BCUT2D eigenvalue weighted by atomic mass is 9.87. The van der Waals surface area contributed by atoms with Crippen LogP contribution in [0.15, 0.2) is 35.6 Å². The van der Waals surface area contributed by atoms with Crippen molar-refractivity contribution in [2.75, 3.05) is 6.61 Å². The van der Waals surface area contributed by atoms with Crippen LogP contribution in [0.2, 0.25) is 0 Å². The molecule has 0 amide bonds. The van der Waals surface area contributed by atoms with Gasteiger partial charge in [0.2, 0.25) is 6.04 Å². The Balaban J connectivity index is 2.11. The average molecular weight is 328 g/mol. The summed E-state index contributed by atoms with van der Waals surface area (Å²) in [6.45, 7) is 1.89. The first-order valence-corrected chi connectivity index (χ1v) is 7.35. The molecule has 1 atom stereocenters. The average Bonchev–Trinajstić information content (AvgIpc) is 2.44. The number of nitrogens with zero attached hydrogens (tertiary/aromatic N) is 1. The van der Waals surface area contributed by atoms with Crippen LogP contribution >= 0.6 is 0 Å². The van der Waals surface area contributed by atoms with E-state index in [1.807, 2.05) is 0 Å². The Labute approximate surface area is 132 Å². The standard InChI is InChI=1S/C15H18F2N2O4/c1-2-23-14(20)6-3-10-7-12(19(21)22)4-5-13(10)18-11-8-15(16,17)9-11/h3-6,11-12,18H,2,7-9H2,1H3/b6-3+. The zero-order chi connectivity index (χ0) is 17.0. The second kappa shape index (κ2) is 6.89. The van der Waals surface area contributed by atoms with E-state index in [0.29, 0.717) is 11.3 Å². The fraction of sp³-hybridized carbons (Fsp3) is 0.533. The summed E-state index contributed by atoms with van der Waals surface area (Å²) >= 11 is 0. The predicted octanol–water partition coefficient (Wildman–Crippen LogP) is 2.35. The normalized spacial score (nSPS) is 23.7. The van der Waals surface area contributed by atoms with Crippen LogP contribution in [0.1, 0.15) is 26.2 Å². The number of halogens is 2. The number of hydrogen-bond donors (Lipinski definition) is 1. The third kappa shape index (κ3) is 4.61. The molecule has 0 radical (unpaired) electrons. The molecule has 0 bridgehead atoms. The summed E-state index contributed by atoms with van der Waals surface area (Å²) in [4.78, 5) is 21.9. The quantitative estimate of drug-likeness (QED) is 0.350. The van der Waals surface area contributed by atoms with Crippen molar-refractivity contribution in [2.24, 2.45) is 0 Å². The maximum absolute atomic E-state index is 12.9. The van der Waals surface area contributed by atoms with Crippen molar-refractivity contribution in [3.63, 3.8) is 0 Å². The molecule has 1 unspecified atom stereocenters. The van der Waals surface area contributed by atoms with Gasteiger partial charge in [0.25, 0.3) is 5.92 Å². The molecule has 0 spiro atoms. The first-order valence-electron chi connectivity index (χ1n) is 7.35. The van der Waals surface area contributed by atoms with Gasteiger partial charge in [-0.25, -0.2) is 13.6 Å². The van der Waals surface area contributed by atoms with Crippen LogP contribution in [-0.2, 0) is 9.53 Å². The predicted molar refractivity (Wildman–Crippen MR) is 78.4 cm³/mol. The lowest BCUT2D eigenvalue weighted by molar-refractivity contribution is -0.508. The highest BCUT2D eigenvalue weighted by molar-refractivity contribution is 5.82. The first-order chi connectivity index (χ1) is 10.8. The minimum absolute atomic E-state index is 0.0881. The highest BCUT2D eigenvalue weighted by Crippen LogP contribution is 2.38. The smallest absolute Gasteiger partial charge is 0.330 e. The molecule has 2 rings (SSSR count). The van der Waals surface area contributed by atoms with Crippen molar-refractivity contribution in [3.8, 4) is 0 Å². The molecule has 0 aromatic heterocycles. The van der Waals surface area contributed by atoms with E-state index in [4.69, 9.17) is 4.74 Å². The van der Waals surface area contributed by atoms with Crippen LogP contribution in [0.4, 0.5) is 8.78 Å².